The summed E-state index contributed by atoms with van der Waals surface area (Å²) in [6.07, 6.45) is 4.22. The molecule has 2 atom stereocenters. The zero-order valence-corrected chi connectivity index (χ0v) is 8.03. The number of fused-ring (bicyclic) bond motifs is 1. The minimum atomic E-state index is 0.163. The van der Waals surface area contributed by atoms with Crippen molar-refractivity contribution < 1.29 is 4.79 Å². The van der Waals surface area contributed by atoms with Crippen molar-refractivity contribution in [3.8, 4) is 0 Å². The highest BCUT2D eigenvalue weighted by Gasteiger charge is 2.33. The summed E-state index contributed by atoms with van der Waals surface area (Å²) in [5, 5.41) is 0. The van der Waals surface area contributed by atoms with Gasteiger partial charge in [0, 0.05) is 31.6 Å². The lowest BCUT2D eigenvalue weighted by molar-refractivity contribution is -0.127. The Balaban J connectivity index is 2.12. The fourth-order valence-corrected chi connectivity index (χ4v) is 1.96. The van der Waals surface area contributed by atoms with Crippen LogP contribution in [0.25, 0.3) is 0 Å². The molecule has 1 amide bonds. The molecule has 0 spiro atoms. The van der Waals surface area contributed by atoms with Crippen molar-refractivity contribution in [1.29, 1.82) is 0 Å². The van der Waals surface area contributed by atoms with Crippen LogP contribution in [-0.2, 0) is 4.79 Å². The van der Waals surface area contributed by atoms with Gasteiger partial charge >= 0.3 is 0 Å². The number of hydrogen-bond donors (Lipinski definition) is 0. The average molecular weight is 178 g/mol. The summed E-state index contributed by atoms with van der Waals surface area (Å²) in [4.78, 5) is 17.5. The monoisotopic (exact) mass is 178 g/mol. The standard InChI is InChI=1S/C10H14N2O/c1-7-3-4-9-5-12(8(2)13)6-10(9)11-7/h3-4,9-10H,5-6H2,1-2H3. The largest absolute Gasteiger partial charge is 0.340 e. The lowest BCUT2D eigenvalue weighted by Gasteiger charge is -2.14. The van der Waals surface area contributed by atoms with E-state index in [1.807, 2.05) is 17.9 Å². The van der Waals surface area contributed by atoms with Crippen LogP contribution in [0.1, 0.15) is 13.8 Å². The van der Waals surface area contributed by atoms with E-state index < -0.39 is 0 Å². The Bertz CT molecular complexity index is 293. The van der Waals surface area contributed by atoms with E-state index in [1.54, 1.807) is 6.92 Å². The normalized spacial score (nSPS) is 31.5. The smallest absolute Gasteiger partial charge is 0.219 e. The van der Waals surface area contributed by atoms with Crippen molar-refractivity contribution >= 4 is 11.6 Å². The number of nitrogens with zero attached hydrogens (tertiary/aromatic N) is 2. The lowest BCUT2D eigenvalue weighted by Crippen LogP contribution is -2.26. The second-order valence-electron chi connectivity index (χ2n) is 3.78. The molecule has 3 nitrogen and oxygen atoms in total. The van der Waals surface area contributed by atoms with Gasteiger partial charge in [-0.3, -0.25) is 9.79 Å². The molecule has 0 aromatic carbocycles. The predicted octanol–water partition coefficient (Wildman–Crippen LogP) is 0.864. The summed E-state index contributed by atoms with van der Waals surface area (Å²) in [5.41, 5.74) is 1.08. The predicted molar refractivity (Wildman–Crippen MR) is 51.8 cm³/mol. The number of carbonyl (C=O) groups is 1. The Labute approximate surface area is 78.1 Å². The van der Waals surface area contributed by atoms with Crippen molar-refractivity contribution in [3.63, 3.8) is 0 Å². The zero-order valence-electron chi connectivity index (χ0n) is 8.03. The number of allylic oxidation sites excluding steroid dienone is 1. The van der Waals surface area contributed by atoms with Gasteiger partial charge in [-0.15, -0.1) is 0 Å². The fraction of sp³-hybridized carbons (Fsp3) is 0.600. The highest BCUT2D eigenvalue weighted by atomic mass is 16.2. The van der Waals surface area contributed by atoms with Crippen molar-refractivity contribution in [3.05, 3.63) is 12.2 Å². The van der Waals surface area contributed by atoms with E-state index in [0.29, 0.717) is 12.0 Å². The molecule has 2 rings (SSSR count). The first-order chi connectivity index (χ1) is 6.16. The molecule has 0 bridgehead atoms. The topological polar surface area (TPSA) is 32.7 Å². The summed E-state index contributed by atoms with van der Waals surface area (Å²) < 4.78 is 0. The molecule has 0 aliphatic carbocycles. The molecule has 0 saturated carbocycles. The molecule has 2 unspecified atom stereocenters. The number of rotatable bonds is 0. The van der Waals surface area contributed by atoms with Gasteiger partial charge in [-0.05, 0) is 13.0 Å². The van der Waals surface area contributed by atoms with Crippen LogP contribution in [0.3, 0.4) is 0 Å². The SMILES string of the molecule is CC(=O)N1CC2C=CC(C)=NC2C1. The first kappa shape index (κ1) is 8.48. The maximum atomic E-state index is 11.1. The zero-order chi connectivity index (χ0) is 9.42. The van der Waals surface area contributed by atoms with Crippen LogP contribution in [0.5, 0.6) is 0 Å². The summed E-state index contributed by atoms with van der Waals surface area (Å²) in [6.45, 7) is 5.26. The quantitative estimate of drug-likeness (QED) is 0.541. The van der Waals surface area contributed by atoms with Crippen molar-refractivity contribution in [1.82, 2.24) is 4.90 Å². The highest BCUT2D eigenvalue weighted by molar-refractivity contribution is 5.93. The Kier molecular flexibility index (Phi) is 1.94. The van der Waals surface area contributed by atoms with Crippen LogP contribution < -0.4 is 0 Å². The third kappa shape index (κ3) is 1.50. The van der Waals surface area contributed by atoms with Crippen LogP contribution in [-0.4, -0.2) is 35.7 Å². The number of dihydropyridines is 1. The molecule has 0 radical (unpaired) electrons. The molecule has 1 saturated heterocycles. The number of amides is 1. The Morgan fingerprint density at radius 3 is 3.08 bits per heavy atom. The van der Waals surface area contributed by atoms with E-state index in [9.17, 15) is 4.79 Å². The second kappa shape index (κ2) is 2.98. The molecule has 0 aromatic rings. The van der Waals surface area contributed by atoms with Gasteiger partial charge in [-0.1, -0.05) is 6.08 Å². The van der Waals surface area contributed by atoms with E-state index in [1.165, 1.54) is 0 Å². The summed E-state index contributed by atoms with van der Waals surface area (Å²) in [6, 6.07) is 0.314. The van der Waals surface area contributed by atoms with E-state index in [-0.39, 0.29) is 5.91 Å². The van der Waals surface area contributed by atoms with Crippen LogP contribution >= 0.6 is 0 Å². The summed E-state index contributed by atoms with van der Waals surface area (Å²) in [7, 11) is 0. The van der Waals surface area contributed by atoms with Gasteiger partial charge in [0.15, 0.2) is 0 Å². The van der Waals surface area contributed by atoms with Gasteiger partial charge in [-0.2, -0.15) is 0 Å². The van der Waals surface area contributed by atoms with E-state index >= 15 is 0 Å². The Morgan fingerprint density at radius 1 is 1.62 bits per heavy atom. The number of hydrogen-bond acceptors (Lipinski definition) is 2. The van der Waals surface area contributed by atoms with Gasteiger partial charge in [0.1, 0.15) is 0 Å². The molecule has 3 heteroatoms. The maximum absolute atomic E-state index is 11.1. The third-order valence-corrected chi connectivity index (χ3v) is 2.73. The minimum Gasteiger partial charge on any atom is -0.340 e. The van der Waals surface area contributed by atoms with Gasteiger partial charge in [0.25, 0.3) is 0 Å². The first-order valence-electron chi connectivity index (χ1n) is 4.65. The van der Waals surface area contributed by atoms with E-state index in [2.05, 4.69) is 11.1 Å². The fourth-order valence-electron chi connectivity index (χ4n) is 1.96. The average Bonchev–Trinajstić information content (AvgIpc) is 2.46. The van der Waals surface area contributed by atoms with E-state index in [0.717, 1.165) is 18.8 Å². The van der Waals surface area contributed by atoms with Crippen LogP contribution in [0.4, 0.5) is 0 Å². The number of aliphatic imine (C=N–C) groups is 1. The molecule has 1 fully saturated rings. The van der Waals surface area contributed by atoms with Gasteiger partial charge < -0.3 is 4.90 Å². The Morgan fingerprint density at radius 2 is 2.38 bits per heavy atom. The van der Waals surface area contributed by atoms with Crippen LogP contribution in [0, 0.1) is 5.92 Å². The second-order valence-corrected chi connectivity index (χ2v) is 3.78. The number of likely N-dealkylation sites (tertiary alicyclic amines) is 1. The minimum absolute atomic E-state index is 0.163. The highest BCUT2D eigenvalue weighted by Crippen LogP contribution is 2.24. The lowest BCUT2D eigenvalue weighted by atomic mass is 10.0. The third-order valence-electron chi connectivity index (χ3n) is 2.73. The molecule has 0 N–H and O–H groups in total. The summed E-state index contributed by atoms with van der Waals surface area (Å²) in [5.74, 6) is 0.614. The van der Waals surface area contributed by atoms with Gasteiger partial charge in [-0.25, -0.2) is 0 Å². The van der Waals surface area contributed by atoms with Gasteiger partial charge in [0.05, 0.1) is 6.04 Å². The number of carbonyl (C=O) groups excluding carboxylic acids is 1. The molecule has 2 aliphatic rings. The molecule has 2 heterocycles. The molecular formula is C10H14N2O. The van der Waals surface area contributed by atoms with Crippen LogP contribution in [0.15, 0.2) is 17.1 Å². The Hall–Kier alpha value is -1.12. The molecule has 70 valence electrons. The van der Waals surface area contributed by atoms with Crippen LogP contribution in [0.2, 0.25) is 0 Å². The molecule has 13 heavy (non-hydrogen) atoms. The van der Waals surface area contributed by atoms with Crippen molar-refractivity contribution in [2.45, 2.75) is 19.9 Å². The molecular weight excluding hydrogens is 164 g/mol. The maximum Gasteiger partial charge on any atom is 0.219 e. The molecule has 0 aromatic heterocycles. The summed E-state index contributed by atoms with van der Waals surface area (Å²) >= 11 is 0. The van der Waals surface area contributed by atoms with E-state index in [4.69, 9.17) is 0 Å². The molecule has 2 aliphatic heterocycles. The first-order valence-corrected chi connectivity index (χ1v) is 4.65. The van der Waals surface area contributed by atoms with Crippen molar-refractivity contribution in [2.75, 3.05) is 13.1 Å². The van der Waals surface area contributed by atoms with Crippen molar-refractivity contribution in [2.24, 2.45) is 10.9 Å². The van der Waals surface area contributed by atoms with Gasteiger partial charge in [0.2, 0.25) is 5.91 Å².